The fourth-order valence-corrected chi connectivity index (χ4v) is 2.55. The van der Waals surface area contributed by atoms with Crippen molar-refractivity contribution >= 4 is 12.0 Å². The van der Waals surface area contributed by atoms with Gasteiger partial charge in [0.15, 0.2) is 5.60 Å². The van der Waals surface area contributed by atoms with Gasteiger partial charge in [0.05, 0.1) is 25.7 Å². The van der Waals surface area contributed by atoms with Crippen LogP contribution in [0, 0.1) is 0 Å². The normalized spacial score (nSPS) is 16.9. The minimum Gasteiger partial charge on any atom is -0.445 e. The summed E-state index contributed by atoms with van der Waals surface area (Å²) in [6.07, 6.45) is 0.867. The van der Waals surface area contributed by atoms with Crippen molar-refractivity contribution in [2.75, 3.05) is 19.7 Å². The molecule has 1 aliphatic rings. The average Bonchev–Trinajstić information content (AvgIpc) is 2.57. The molecule has 7 nitrogen and oxygen atoms in total. The Labute approximate surface area is 141 Å². The van der Waals surface area contributed by atoms with Gasteiger partial charge < -0.3 is 25.2 Å². The maximum atomic E-state index is 12.1. The van der Waals surface area contributed by atoms with Crippen LogP contribution < -0.4 is 5.32 Å². The Hall–Kier alpha value is -2.12. The highest BCUT2D eigenvalue weighted by atomic mass is 16.6. The summed E-state index contributed by atoms with van der Waals surface area (Å²) in [6.45, 7) is 1.67. The van der Waals surface area contributed by atoms with Gasteiger partial charge in [0.1, 0.15) is 6.61 Å². The summed E-state index contributed by atoms with van der Waals surface area (Å²) < 4.78 is 5.15. The van der Waals surface area contributed by atoms with E-state index in [9.17, 15) is 19.8 Å². The summed E-state index contributed by atoms with van der Waals surface area (Å²) in [4.78, 5) is 25.3. The highest BCUT2D eigenvalue weighted by Crippen LogP contribution is 2.22. The van der Waals surface area contributed by atoms with E-state index in [0.29, 0.717) is 6.42 Å². The predicted molar refractivity (Wildman–Crippen MR) is 87.1 cm³/mol. The molecule has 2 rings (SSSR count). The third-order valence-corrected chi connectivity index (χ3v) is 3.98. The Balaban J connectivity index is 1.77. The SMILES string of the molecule is CCCC(CO)NC(=O)C1(O)CN(C(=O)OCc2ccccc2)C1. The molecule has 1 atom stereocenters. The van der Waals surface area contributed by atoms with E-state index in [1.54, 1.807) is 0 Å². The Kier molecular flexibility index (Phi) is 6.16. The molecule has 0 bridgehead atoms. The fraction of sp³-hybridized carbons (Fsp3) is 0.529. The van der Waals surface area contributed by atoms with Crippen molar-refractivity contribution < 1.29 is 24.5 Å². The second-order valence-electron chi connectivity index (χ2n) is 6.07. The van der Waals surface area contributed by atoms with Gasteiger partial charge in [-0.2, -0.15) is 0 Å². The molecule has 7 heteroatoms. The molecule has 1 saturated heterocycles. The molecule has 3 N–H and O–H groups in total. The Morgan fingerprint density at radius 3 is 2.58 bits per heavy atom. The monoisotopic (exact) mass is 336 g/mol. The summed E-state index contributed by atoms with van der Waals surface area (Å²) in [5, 5.41) is 22.1. The van der Waals surface area contributed by atoms with E-state index < -0.39 is 17.6 Å². The van der Waals surface area contributed by atoms with Crippen LogP contribution in [0.2, 0.25) is 0 Å². The Morgan fingerprint density at radius 2 is 2.00 bits per heavy atom. The molecule has 1 aromatic rings. The lowest BCUT2D eigenvalue weighted by Crippen LogP contribution is -2.70. The number of nitrogens with one attached hydrogen (secondary N) is 1. The molecule has 24 heavy (non-hydrogen) atoms. The largest absolute Gasteiger partial charge is 0.445 e. The topological polar surface area (TPSA) is 99.1 Å². The van der Waals surface area contributed by atoms with Crippen LogP contribution >= 0.6 is 0 Å². The Morgan fingerprint density at radius 1 is 1.33 bits per heavy atom. The van der Waals surface area contributed by atoms with Crippen LogP contribution in [-0.2, 0) is 16.1 Å². The van der Waals surface area contributed by atoms with Crippen molar-refractivity contribution in [3.63, 3.8) is 0 Å². The van der Waals surface area contributed by atoms with Gasteiger partial charge in [-0.05, 0) is 12.0 Å². The molecule has 2 amide bonds. The van der Waals surface area contributed by atoms with Crippen LogP contribution in [0.1, 0.15) is 25.3 Å². The zero-order valence-corrected chi connectivity index (χ0v) is 13.8. The number of amides is 2. The number of hydrogen-bond acceptors (Lipinski definition) is 5. The van der Waals surface area contributed by atoms with E-state index in [1.165, 1.54) is 4.90 Å². The lowest BCUT2D eigenvalue weighted by molar-refractivity contribution is -0.157. The molecule has 0 saturated carbocycles. The van der Waals surface area contributed by atoms with E-state index in [-0.39, 0.29) is 32.3 Å². The van der Waals surface area contributed by atoms with Gasteiger partial charge in [0.2, 0.25) is 0 Å². The van der Waals surface area contributed by atoms with Gasteiger partial charge in [-0.15, -0.1) is 0 Å². The quantitative estimate of drug-likeness (QED) is 0.679. The number of β-amino-alcohol motifs (C(OH)–C–C–N with tert-alkyl or cyclic N) is 1. The smallest absolute Gasteiger partial charge is 0.410 e. The highest BCUT2D eigenvalue weighted by molar-refractivity contribution is 5.89. The van der Waals surface area contributed by atoms with Crippen LogP contribution in [0.5, 0.6) is 0 Å². The van der Waals surface area contributed by atoms with E-state index in [4.69, 9.17) is 4.74 Å². The first-order chi connectivity index (χ1) is 11.5. The predicted octanol–water partition coefficient (Wildman–Crippen LogP) is 0.647. The summed E-state index contributed by atoms with van der Waals surface area (Å²) in [5.74, 6) is -0.567. The first-order valence-electron chi connectivity index (χ1n) is 8.08. The van der Waals surface area contributed by atoms with Gasteiger partial charge >= 0.3 is 6.09 Å². The van der Waals surface area contributed by atoms with Crippen LogP contribution in [0.4, 0.5) is 4.79 Å². The number of likely N-dealkylation sites (tertiary alicyclic amines) is 1. The van der Waals surface area contributed by atoms with Gasteiger partial charge in [0.25, 0.3) is 5.91 Å². The maximum Gasteiger partial charge on any atom is 0.410 e. The number of ether oxygens (including phenoxy) is 1. The van der Waals surface area contributed by atoms with Crippen LogP contribution in [0.3, 0.4) is 0 Å². The van der Waals surface area contributed by atoms with Gasteiger partial charge in [-0.3, -0.25) is 4.79 Å². The number of aliphatic hydroxyl groups is 2. The van der Waals surface area contributed by atoms with Gasteiger partial charge in [-0.25, -0.2) is 4.79 Å². The van der Waals surface area contributed by atoms with Crippen molar-refractivity contribution in [3.8, 4) is 0 Å². The highest BCUT2D eigenvalue weighted by Gasteiger charge is 2.50. The molecule has 1 aromatic carbocycles. The third kappa shape index (κ3) is 4.46. The van der Waals surface area contributed by atoms with Crippen molar-refractivity contribution in [1.82, 2.24) is 10.2 Å². The Bertz CT molecular complexity index is 557. The number of carbonyl (C=O) groups is 2. The standard InChI is InChI=1S/C17H24N2O5/c1-2-6-14(9-20)18-15(21)17(23)11-19(12-17)16(22)24-10-13-7-4-3-5-8-13/h3-5,7-8,14,20,23H,2,6,9-12H2,1H3,(H,18,21). The number of hydrogen-bond donors (Lipinski definition) is 3. The average molecular weight is 336 g/mol. The summed E-state index contributed by atoms with van der Waals surface area (Å²) >= 11 is 0. The summed E-state index contributed by atoms with van der Waals surface area (Å²) in [5.41, 5.74) is -0.753. The zero-order chi connectivity index (χ0) is 17.6. The third-order valence-electron chi connectivity index (χ3n) is 3.98. The fourth-order valence-electron chi connectivity index (χ4n) is 2.55. The number of carbonyl (C=O) groups excluding carboxylic acids is 2. The zero-order valence-electron chi connectivity index (χ0n) is 13.8. The minimum absolute atomic E-state index is 0.114. The molecule has 0 spiro atoms. The van der Waals surface area contributed by atoms with Crippen molar-refractivity contribution in [3.05, 3.63) is 35.9 Å². The molecule has 0 aliphatic carbocycles. The van der Waals surface area contributed by atoms with Crippen LogP contribution in [0.25, 0.3) is 0 Å². The van der Waals surface area contributed by atoms with E-state index in [2.05, 4.69) is 5.32 Å². The molecular weight excluding hydrogens is 312 g/mol. The molecule has 1 aliphatic heterocycles. The molecular formula is C17H24N2O5. The maximum absolute atomic E-state index is 12.1. The first-order valence-corrected chi connectivity index (χ1v) is 8.08. The van der Waals surface area contributed by atoms with Gasteiger partial charge in [0, 0.05) is 0 Å². The van der Waals surface area contributed by atoms with E-state index in [1.807, 2.05) is 37.3 Å². The van der Waals surface area contributed by atoms with Crippen molar-refractivity contribution in [2.45, 2.75) is 38.0 Å². The molecule has 1 heterocycles. The van der Waals surface area contributed by atoms with Crippen molar-refractivity contribution in [1.29, 1.82) is 0 Å². The van der Waals surface area contributed by atoms with E-state index in [0.717, 1.165) is 12.0 Å². The molecule has 0 aromatic heterocycles. The minimum atomic E-state index is -1.62. The number of rotatable bonds is 7. The van der Waals surface area contributed by atoms with Gasteiger partial charge in [-0.1, -0.05) is 43.7 Å². The second kappa shape index (κ2) is 8.12. The van der Waals surface area contributed by atoms with Crippen LogP contribution in [0.15, 0.2) is 30.3 Å². The number of benzene rings is 1. The van der Waals surface area contributed by atoms with Crippen molar-refractivity contribution in [2.24, 2.45) is 0 Å². The second-order valence-corrected chi connectivity index (χ2v) is 6.07. The number of nitrogens with zero attached hydrogens (tertiary/aromatic N) is 1. The lowest BCUT2D eigenvalue weighted by Gasteiger charge is -2.44. The van der Waals surface area contributed by atoms with E-state index >= 15 is 0 Å². The summed E-state index contributed by atoms with van der Waals surface area (Å²) in [7, 11) is 0. The first kappa shape index (κ1) is 18.2. The molecule has 1 fully saturated rings. The number of aliphatic hydroxyl groups excluding tert-OH is 1. The van der Waals surface area contributed by atoms with Crippen LogP contribution in [-0.4, -0.2) is 58.5 Å². The molecule has 0 radical (unpaired) electrons. The molecule has 132 valence electrons. The molecule has 1 unspecified atom stereocenters. The lowest BCUT2D eigenvalue weighted by atomic mass is 9.93. The summed E-state index contributed by atoms with van der Waals surface area (Å²) in [6, 6.07) is 8.88.